The summed E-state index contributed by atoms with van der Waals surface area (Å²) in [4.78, 5) is 18.2. The molecule has 9 heteroatoms. The van der Waals surface area contributed by atoms with E-state index < -0.39 is 15.4 Å². The summed E-state index contributed by atoms with van der Waals surface area (Å²) >= 11 is 0. The molecule has 3 aromatic rings. The third kappa shape index (κ3) is 4.46. The van der Waals surface area contributed by atoms with E-state index in [-0.39, 0.29) is 17.6 Å². The standard InChI is InChI=1S/C28H29N3O5S/c1-19-4-3-15-31(17-19)37(33,34)22-10-7-20(8-11-22)23-5-2-6-26(29-23)30-27(32)28(13-14-28)21-9-12-24-25(16-21)36-18-35-24/h2,5-12,16,19H,3-4,13-15,17-18H2,1H3,(H,29,30,32). The molecule has 1 atom stereocenters. The highest BCUT2D eigenvalue weighted by atomic mass is 32.2. The lowest BCUT2D eigenvalue weighted by Crippen LogP contribution is -2.39. The van der Waals surface area contributed by atoms with Gasteiger partial charge in [-0.1, -0.05) is 31.2 Å². The van der Waals surface area contributed by atoms with Gasteiger partial charge in [0, 0.05) is 18.7 Å². The van der Waals surface area contributed by atoms with Gasteiger partial charge in [0.2, 0.25) is 22.7 Å². The molecule has 2 aromatic carbocycles. The zero-order valence-electron chi connectivity index (χ0n) is 20.6. The fraction of sp³-hybridized carbons (Fsp3) is 0.357. The number of carbonyl (C=O) groups is 1. The smallest absolute Gasteiger partial charge is 0.243 e. The number of aromatic nitrogens is 1. The predicted molar refractivity (Wildman–Crippen MR) is 139 cm³/mol. The molecule has 6 rings (SSSR count). The molecule has 37 heavy (non-hydrogen) atoms. The molecule has 1 N–H and O–H groups in total. The highest BCUT2D eigenvalue weighted by Crippen LogP contribution is 2.51. The second-order valence-electron chi connectivity index (χ2n) is 10.1. The largest absolute Gasteiger partial charge is 0.454 e. The van der Waals surface area contributed by atoms with E-state index >= 15 is 0 Å². The first-order valence-electron chi connectivity index (χ1n) is 12.6. The molecule has 1 saturated carbocycles. The van der Waals surface area contributed by atoms with Crippen LogP contribution < -0.4 is 14.8 Å². The van der Waals surface area contributed by atoms with Crippen LogP contribution in [-0.2, 0) is 20.2 Å². The van der Waals surface area contributed by atoms with E-state index in [0.717, 1.165) is 36.8 Å². The number of rotatable bonds is 6. The van der Waals surface area contributed by atoms with E-state index in [4.69, 9.17) is 9.47 Å². The maximum atomic E-state index is 13.3. The third-order valence-corrected chi connectivity index (χ3v) is 9.39. The molecule has 0 spiro atoms. The lowest BCUT2D eigenvalue weighted by molar-refractivity contribution is -0.118. The van der Waals surface area contributed by atoms with Crippen LogP contribution >= 0.6 is 0 Å². The van der Waals surface area contributed by atoms with Crippen molar-refractivity contribution < 1.29 is 22.7 Å². The number of nitrogens with one attached hydrogen (secondary N) is 1. The van der Waals surface area contributed by atoms with Crippen LogP contribution in [0.4, 0.5) is 5.82 Å². The molecule has 1 aliphatic carbocycles. The summed E-state index contributed by atoms with van der Waals surface area (Å²) in [7, 11) is -3.52. The number of anilines is 1. The first kappa shape index (κ1) is 23.9. The van der Waals surface area contributed by atoms with Gasteiger partial charge in [-0.15, -0.1) is 0 Å². The SMILES string of the molecule is CC1CCCN(S(=O)(=O)c2ccc(-c3cccc(NC(=O)C4(c5ccc6c(c5)OCO6)CC4)n3)cc2)C1. The van der Waals surface area contributed by atoms with Gasteiger partial charge in [0.05, 0.1) is 16.0 Å². The number of ether oxygens (including phenoxy) is 2. The number of hydrogen-bond acceptors (Lipinski definition) is 6. The van der Waals surface area contributed by atoms with E-state index in [0.29, 0.717) is 42.0 Å². The molecule has 0 radical (unpaired) electrons. The molecule has 2 aliphatic heterocycles. The van der Waals surface area contributed by atoms with Crippen LogP contribution in [0, 0.1) is 5.92 Å². The Morgan fingerprint density at radius 3 is 2.59 bits per heavy atom. The summed E-state index contributed by atoms with van der Waals surface area (Å²) in [6, 6.07) is 17.9. The number of piperidine rings is 1. The second kappa shape index (κ2) is 9.15. The van der Waals surface area contributed by atoms with Crippen molar-refractivity contribution in [3.63, 3.8) is 0 Å². The zero-order chi connectivity index (χ0) is 25.6. The zero-order valence-corrected chi connectivity index (χ0v) is 21.5. The average Bonchev–Trinajstić information content (AvgIpc) is 3.59. The molecule has 1 saturated heterocycles. The Morgan fingerprint density at radius 1 is 1.05 bits per heavy atom. The van der Waals surface area contributed by atoms with Crippen molar-refractivity contribution in [2.75, 3.05) is 25.2 Å². The fourth-order valence-corrected chi connectivity index (χ4v) is 6.78. The molecule has 3 aliphatic rings. The van der Waals surface area contributed by atoms with Crippen molar-refractivity contribution in [1.29, 1.82) is 0 Å². The van der Waals surface area contributed by atoms with Crippen LogP contribution in [0.25, 0.3) is 11.3 Å². The Bertz CT molecular complexity index is 1450. The molecule has 8 nitrogen and oxygen atoms in total. The number of amides is 1. The first-order valence-corrected chi connectivity index (χ1v) is 14.1. The molecule has 192 valence electrons. The van der Waals surface area contributed by atoms with Crippen molar-refractivity contribution in [3.8, 4) is 22.8 Å². The van der Waals surface area contributed by atoms with Gasteiger partial charge in [0.25, 0.3) is 0 Å². The van der Waals surface area contributed by atoms with Gasteiger partial charge in [0.1, 0.15) is 5.82 Å². The second-order valence-corrected chi connectivity index (χ2v) is 12.1. The lowest BCUT2D eigenvalue weighted by Gasteiger charge is -2.30. The van der Waals surface area contributed by atoms with Crippen molar-refractivity contribution >= 4 is 21.7 Å². The van der Waals surface area contributed by atoms with E-state index in [1.807, 2.05) is 30.3 Å². The molecule has 1 amide bonds. The van der Waals surface area contributed by atoms with Gasteiger partial charge in [0.15, 0.2) is 11.5 Å². The summed E-state index contributed by atoms with van der Waals surface area (Å²) < 4.78 is 38.6. The number of sulfonamides is 1. The number of carbonyl (C=O) groups excluding carboxylic acids is 1. The van der Waals surface area contributed by atoms with Crippen LogP contribution in [0.1, 0.15) is 38.2 Å². The molecule has 3 heterocycles. The van der Waals surface area contributed by atoms with E-state index in [9.17, 15) is 13.2 Å². The predicted octanol–water partition coefficient (Wildman–Crippen LogP) is 4.57. The molecule has 1 aromatic heterocycles. The van der Waals surface area contributed by atoms with Gasteiger partial charge >= 0.3 is 0 Å². The fourth-order valence-electron chi connectivity index (χ4n) is 5.18. The van der Waals surface area contributed by atoms with Gasteiger partial charge in [-0.25, -0.2) is 13.4 Å². The summed E-state index contributed by atoms with van der Waals surface area (Å²) in [5, 5.41) is 2.98. The van der Waals surface area contributed by atoms with Gasteiger partial charge in [-0.3, -0.25) is 4.79 Å². The summed E-state index contributed by atoms with van der Waals surface area (Å²) in [5.41, 5.74) is 1.74. The van der Waals surface area contributed by atoms with Crippen molar-refractivity contribution in [1.82, 2.24) is 9.29 Å². The van der Waals surface area contributed by atoms with Gasteiger partial charge < -0.3 is 14.8 Å². The lowest BCUT2D eigenvalue weighted by atomic mass is 9.94. The minimum atomic E-state index is -3.52. The number of fused-ring (bicyclic) bond motifs is 1. The Labute approximate surface area is 216 Å². The van der Waals surface area contributed by atoms with Crippen LogP contribution in [0.3, 0.4) is 0 Å². The Morgan fingerprint density at radius 2 is 1.84 bits per heavy atom. The number of nitrogens with zero attached hydrogens (tertiary/aromatic N) is 2. The first-order chi connectivity index (χ1) is 17.8. The maximum Gasteiger partial charge on any atom is 0.243 e. The summed E-state index contributed by atoms with van der Waals surface area (Å²) in [6.07, 6.45) is 3.45. The number of hydrogen-bond donors (Lipinski definition) is 1. The van der Waals surface area contributed by atoms with Crippen LogP contribution in [0.5, 0.6) is 11.5 Å². The van der Waals surface area contributed by atoms with Crippen LogP contribution in [0.15, 0.2) is 65.6 Å². The van der Waals surface area contributed by atoms with E-state index in [1.54, 1.807) is 34.6 Å². The quantitative estimate of drug-likeness (QED) is 0.513. The highest BCUT2D eigenvalue weighted by Gasteiger charge is 2.51. The molecule has 1 unspecified atom stereocenters. The topological polar surface area (TPSA) is 97.8 Å². The monoisotopic (exact) mass is 519 g/mol. The normalized spacial score (nSPS) is 20.4. The Balaban J connectivity index is 1.18. The van der Waals surface area contributed by atoms with Gasteiger partial charge in [-0.2, -0.15) is 4.31 Å². The minimum Gasteiger partial charge on any atom is -0.454 e. The number of pyridine rings is 1. The molecular formula is C28H29N3O5S. The van der Waals surface area contributed by atoms with E-state index in [1.165, 1.54) is 0 Å². The van der Waals surface area contributed by atoms with Crippen LogP contribution in [0.2, 0.25) is 0 Å². The van der Waals surface area contributed by atoms with Gasteiger partial charge in [-0.05, 0) is 73.6 Å². The highest BCUT2D eigenvalue weighted by molar-refractivity contribution is 7.89. The minimum absolute atomic E-state index is 0.104. The number of benzene rings is 2. The molecule has 0 bridgehead atoms. The maximum absolute atomic E-state index is 13.3. The van der Waals surface area contributed by atoms with Crippen molar-refractivity contribution in [2.45, 2.75) is 42.9 Å². The van der Waals surface area contributed by atoms with Crippen LogP contribution in [-0.4, -0.2) is 43.5 Å². The molecule has 2 fully saturated rings. The summed E-state index contributed by atoms with van der Waals surface area (Å²) in [6.45, 7) is 3.40. The molecular weight excluding hydrogens is 490 g/mol. The van der Waals surface area contributed by atoms with Crippen molar-refractivity contribution in [2.24, 2.45) is 5.92 Å². The summed E-state index contributed by atoms with van der Waals surface area (Å²) in [5.74, 6) is 2.07. The Kier molecular flexibility index (Phi) is 5.92. The average molecular weight is 520 g/mol. The third-order valence-electron chi connectivity index (χ3n) is 7.51. The van der Waals surface area contributed by atoms with E-state index in [2.05, 4.69) is 17.2 Å². The van der Waals surface area contributed by atoms with Crippen molar-refractivity contribution in [3.05, 3.63) is 66.2 Å². The Hall–Kier alpha value is -3.43.